The zero-order chi connectivity index (χ0) is 15.1. The molecule has 0 saturated carbocycles. The quantitative estimate of drug-likeness (QED) is 0.744. The van der Waals surface area contributed by atoms with Crippen LogP contribution in [0.4, 0.5) is 0 Å². The Bertz CT molecular complexity index is 328. The predicted octanol–water partition coefficient (Wildman–Crippen LogP) is 2.58. The summed E-state index contributed by atoms with van der Waals surface area (Å²) in [5.41, 5.74) is 0. The lowest BCUT2D eigenvalue weighted by Gasteiger charge is -2.21. The van der Waals surface area contributed by atoms with E-state index in [-0.39, 0.29) is 23.8 Å². The third-order valence-corrected chi connectivity index (χ3v) is 4.26. The number of nitrogens with zero attached hydrogens (tertiary/aromatic N) is 1. The summed E-state index contributed by atoms with van der Waals surface area (Å²) in [5, 5.41) is 3.05. The Kier molecular flexibility index (Phi) is 7.03. The number of rotatable bonds is 8. The molecule has 4 heteroatoms. The standard InChI is InChI=1S/C16H30N2O2/c1-5-7-8-13(6-2)10-17-16(20)14-9-15(19)18(11-14)12(3)4/h12-14H,5-11H2,1-4H3,(H,17,20)/t13-,14+/m0/s1. The van der Waals surface area contributed by atoms with Crippen LogP contribution in [0, 0.1) is 11.8 Å². The molecule has 1 heterocycles. The van der Waals surface area contributed by atoms with Gasteiger partial charge in [-0.1, -0.05) is 33.1 Å². The number of nitrogens with one attached hydrogen (secondary N) is 1. The Morgan fingerprint density at radius 2 is 2.10 bits per heavy atom. The van der Waals surface area contributed by atoms with Crippen LogP contribution in [-0.4, -0.2) is 35.8 Å². The zero-order valence-corrected chi connectivity index (χ0v) is 13.4. The van der Waals surface area contributed by atoms with Crippen LogP contribution in [0.2, 0.25) is 0 Å². The van der Waals surface area contributed by atoms with Gasteiger partial charge in [-0.05, 0) is 26.2 Å². The van der Waals surface area contributed by atoms with E-state index in [2.05, 4.69) is 19.2 Å². The van der Waals surface area contributed by atoms with Crippen molar-refractivity contribution in [3.05, 3.63) is 0 Å². The van der Waals surface area contributed by atoms with Gasteiger partial charge in [0.15, 0.2) is 0 Å². The van der Waals surface area contributed by atoms with E-state index in [4.69, 9.17) is 0 Å². The minimum atomic E-state index is -0.159. The molecule has 2 atom stereocenters. The van der Waals surface area contributed by atoms with Crippen molar-refractivity contribution in [2.45, 2.75) is 65.8 Å². The van der Waals surface area contributed by atoms with E-state index in [0.29, 0.717) is 18.9 Å². The van der Waals surface area contributed by atoms with Gasteiger partial charge in [0.05, 0.1) is 5.92 Å². The molecule has 4 nitrogen and oxygen atoms in total. The summed E-state index contributed by atoms with van der Waals surface area (Å²) < 4.78 is 0. The highest BCUT2D eigenvalue weighted by Gasteiger charge is 2.35. The fourth-order valence-electron chi connectivity index (χ4n) is 2.74. The summed E-state index contributed by atoms with van der Waals surface area (Å²) in [7, 11) is 0. The summed E-state index contributed by atoms with van der Waals surface area (Å²) in [4.78, 5) is 25.8. The first kappa shape index (κ1) is 17.0. The molecule has 0 spiro atoms. The van der Waals surface area contributed by atoms with E-state index in [0.717, 1.165) is 13.0 Å². The molecule has 0 aromatic heterocycles. The van der Waals surface area contributed by atoms with Gasteiger partial charge in [-0.3, -0.25) is 9.59 Å². The van der Waals surface area contributed by atoms with Crippen LogP contribution in [0.1, 0.15) is 59.8 Å². The lowest BCUT2D eigenvalue weighted by Crippen LogP contribution is -2.37. The number of carbonyl (C=O) groups excluding carboxylic acids is 2. The molecule has 1 N–H and O–H groups in total. The second kappa shape index (κ2) is 8.28. The van der Waals surface area contributed by atoms with Gasteiger partial charge in [-0.2, -0.15) is 0 Å². The van der Waals surface area contributed by atoms with E-state index in [1.165, 1.54) is 19.3 Å². The first-order valence-corrected chi connectivity index (χ1v) is 8.06. The minimum absolute atomic E-state index is 0.0523. The van der Waals surface area contributed by atoms with Gasteiger partial charge in [0.2, 0.25) is 11.8 Å². The van der Waals surface area contributed by atoms with Crippen LogP contribution < -0.4 is 5.32 Å². The van der Waals surface area contributed by atoms with Crippen LogP contribution in [0.15, 0.2) is 0 Å². The second-order valence-corrected chi connectivity index (χ2v) is 6.20. The summed E-state index contributed by atoms with van der Waals surface area (Å²) in [6, 6.07) is 0.188. The van der Waals surface area contributed by atoms with E-state index in [1.807, 2.05) is 13.8 Å². The molecule has 0 aromatic carbocycles. The summed E-state index contributed by atoms with van der Waals surface area (Å²) in [6.07, 6.45) is 5.06. The van der Waals surface area contributed by atoms with E-state index in [1.54, 1.807) is 4.90 Å². The van der Waals surface area contributed by atoms with Crippen LogP contribution in [0.3, 0.4) is 0 Å². The van der Waals surface area contributed by atoms with Crippen LogP contribution in [0.5, 0.6) is 0 Å². The molecule has 0 aliphatic carbocycles. The van der Waals surface area contributed by atoms with Crippen LogP contribution >= 0.6 is 0 Å². The maximum absolute atomic E-state index is 12.2. The molecular weight excluding hydrogens is 252 g/mol. The molecule has 0 unspecified atom stereocenters. The molecule has 0 aromatic rings. The number of likely N-dealkylation sites (tertiary alicyclic amines) is 1. The smallest absolute Gasteiger partial charge is 0.225 e. The number of amides is 2. The van der Waals surface area contributed by atoms with Crippen molar-refractivity contribution in [3.8, 4) is 0 Å². The monoisotopic (exact) mass is 282 g/mol. The number of hydrogen-bond donors (Lipinski definition) is 1. The molecule has 1 fully saturated rings. The average Bonchev–Trinajstić information content (AvgIpc) is 2.81. The Morgan fingerprint density at radius 3 is 2.60 bits per heavy atom. The third-order valence-electron chi connectivity index (χ3n) is 4.26. The van der Waals surface area contributed by atoms with Gasteiger partial charge >= 0.3 is 0 Å². The topological polar surface area (TPSA) is 49.4 Å². The van der Waals surface area contributed by atoms with Gasteiger partial charge in [-0.25, -0.2) is 0 Å². The molecule has 1 aliphatic rings. The maximum atomic E-state index is 12.2. The largest absolute Gasteiger partial charge is 0.356 e. The van der Waals surface area contributed by atoms with Crippen LogP contribution in [-0.2, 0) is 9.59 Å². The number of hydrogen-bond acceptors (Lipinski definition) is 2. The zero-order valence-electron chi connectivity index (χ0n) is 13.4. The molecule has 1 saturated heterocycles. The molecule has 116 valence electrons. The Labute approximate surface area is 123 Å². The van der Waals surface area contributed by atoms with E-state index < -0.39 is 0 Å². The van der Waals surface area contributed by atoms with Gasteiger partial charge in [0.25, 0.3) is 0 Å². The van der Waals surface area contributed by atoms with Crippen molar-refractivity contribution >= 4 is 11.8 Å². The first-order valence-electron chi connectivity index (χ1n) is 8.06. The second-order valence-electron chi connectivity index (χ2n) is 6.20. The normalized spacial score (nSPS) is 20.6. The van der Waals surface area contributed by atoms with E-state index in [9.17, 15) is 9.59 Å². The first-order chi connectivity index (χ1) is 9.49. The minimum Gasteiger partial charge on any atom is -0.356 e. The molecule has 2 amide bonds. The Morgan fingerprint density at radius 1 is 1.40 bits per heavy atom. The van der Waals surface area contributed by atoms with Crippen molar-refractivity contribution in [3.63, 3.8) is 0 Å². The molecule has 1 rings (SSSR count). The Balaban J connectivity index is 2.38. The molecule has 20 heavy (non-hydrogen) atoms. The van der Waals surface area contributed by atoms with Crippen molar-refractivity contribution in [2.75, 3.05) is 13.1 Å². The van der Waals surface area contributed by atoms with Crippen molar-refractivity contribution < 1.29 is 9.59 Å². The van der Waals surface area contributed by atoms with Gasteiger partial charge in [0, 0.05) is 25.6 Å². The lowest BCUT2D eigenvalue weighted by atomic mass is 9.99. The highest BCUT2D eigenvalue weighted by molar-refractivity contribution is 5.89. The SMILES string of the molecule is CCCC[C@H](CC)CNC(=O)[C@@H]1CC(=O)N(C(C)C)C1. The number of unbranched alkanes of at least 4 members (excludes halogenated alkanes) is 1. The third kappa shape index (κ3) is 4.80. The summed E-state index contributed by atoms with van der Waals surface area (Å²) in [5.74, 6) is 0.570. The van der Waals surface area contributed by atoms with Crippen LogP contribution in [0.25, 0.3) is 0 Å². The fourth-order valence-corrected chi connectivity index (χ4v) is 2.74. The van der Waals surface area contributed by atoms with E-state index >= 15 is 0 Å². The highest BCUT2D eigenvalue weighted by atomic mass is 16.2. The van der Waals surface area contributed by atoms with Gasteiger partial charge < -0.3 is 10.2 Å². The average molecular weight is 282 g/mol. The molecular formula is C16H30N2O2. The highest BCUT2D eigenvalue weighted by Crippen LogP contribution is 2.20. The van der Waals surface area contributed by atoms with Crippen molar-refractivity contribution in [1.82, 2.24) is 10.2 Å². The molecule has 0 radical (unpaired) electrons. The van der Waals surface area contributed by atoms with Crippen molar-refractivity contribution in [1.29, 1.82) is 0 Å². The Hall–Kier alpha value is -1.06. The maximum Gasteiger partial charge on any atom is 0.225 e. The summed E-state index contributed by atoms with van der Waals surface area (Å²) >= 11 is 0. The predicted molar refractivity (Wildman–Crippen MR) is 81.3 cm³/mol. The molecule has 1 aliphatic heterocycles. The number of carbonyl (C=O) groups is 2. The lowest BCUT2D eigenvalue weighted by molar-refractivity contribution is -0.130. The van der Waals surface area contributed by atoms with Gasteiger partial charge in [-0.15, -0.1) is 0 Å². The van der Waals surface area contributed by atoms with Gasteiger partial charge in [0.1, 0.15) is 0 Å². The fraction of sp³-hybridized carbons (Fsp3) is 0.875. The molecule has 0 bridgehead atoms. The van der Waals surface area contributed by atoms with Crippen molar-refractivity contribution in [2.24, 2.45) is 11.8 Å². The summed E-state index contributed by atoms with van der Waals surface area (Å²) in [6.45, 7) is 9.68.